The Labute approximate surface area is 104 Å². The Morgan fingerprint density at radius 1 is 1.24 bits per heavy atom. The number of ether oxygens (including phenoxy) is 1. The molecular formula is C13H17NO2S. The highest BCUT2D eigenvalue weighted by molar-refractivity contribution is 7.85. The molecule has 0 amide bonds. The lowest BCUT2D eigenvalue weighted by molar-refractivity contribution is 0.152. The third kappa shape index (κ3) is 2.82. The molecule has 0 radical (unpaired) electrons. The van der Waals surface area contributed by atoms with Crippen LogP contribution in [0.3, 0.4) is 0 Å². The number of rotatable bonds is 1. The molecule has 0 unspecified atom stereocenters. The van der Waals surface area contributed by atoms with Gasteiger partial charge in [-0.1, -0.05) is 24.3 Å². The Bertz CT molecular complexity index is 475. The monoisotopic (exact) mass is 251 g/mol. The molecule has 0 saturated carbocycles. The molecule has 1 atom stereocenters. The van der Waals surface area contributed by atoms with Crippen LogP contribution in [0.2, 0.25) is 0 Å². The summed E-state index contributed by atoms with van der Waals surface area (Å²) in [6.45, 7) is 6.81. The Morgan fingerprint density at radius 2 is 1.94 bits per heavy atom. The van der Waals surface area contributed by atoms with Crippen LogP contribution in [0.1, 0.15) is 31.9 Å². The van der Waals surface area contributed by atoms with Crippen LogP contribution in [0.5, 0.6) is 0 Å². The lowest BCUT2D eigenvalue weighted by atomic mass is 10.0. The molecule has 0 fully saturated rings. The third-order valence-electron chi connectivity index (χ3n) is 2.54. The van der Waals surface area contributed by atoms with Crippen LogP contribution in [0.15, 0.2) is 28.7 Å². The lowest BCUT2D eigenvalue weighted by Gasteiger charge is -2.20. The Hall–Kier alpha value is -1.00. The minimum absolute atomic E-state index is 0.334. The molecule has 0 bridgehead atoms. The fourth-order valence-corrected chi connectivity index (χ4v) is 2.20. The van der Waals surface area contributed by atoms with E-state index in [1.54, 1.807) is 0 Å². The summed E-state index contributed by atoms with van der Waals surface area (Å²) in [6, 6.07) is 7.98. The number of nitrogens with zero attached hydrogens (tertiary/aromatic N) is 1. The van der Waals surface area contributed by atoms with Crippen molar-refractivity contribution >= 4 is 16.7 Å². The van der Waals surface area contributed by atoms with Crippen LogP contribution in [-0.2, 0) is 22.3 Å². The van der Waals surface area contributed by atoms with Crippen molar-refractivity contribution in [2.24, 2.45) is 4.40 Å². The van der Waals surface area contributed by atoms with Gasteiger partial charge >= 0.3 is 0 Å². The predicted octanol–water partition coefficient (Wildman–Crippen LogP) is 2.47. The van der Waals surface area contributed by atoms with E-state index < -0.39 is 11.0 Å². The summed E-state index contributed by atoms with van der Waals surface area (Å²) in [7, 11) is -1.23. The molecule has 0 spiro atoms. The molecule has 0 N–H and O–H groups in total. The van der Waals surface area contributed by atoms with E-state index in [0.717, 1.165) is 16.8 Å². The highest BCUT2D eigenvalue weighted by atomic mass is 32.2. The molecule has 1 aromatic carbocycles. The van der Waals surface area contributed by atoms with Crippen LogP contribution < -0.4 is 0 Å². The van der Waals surface area contributed by atoms with E-state index in [-0.39, 0.29) is 4.75 Å². The summed E-state index contributed by atoms with van der Waals surface area (Å²) < 4.78 is 21.4. The fraction of sp³-hybridized carbons (Fsp3) is 0.462. The van der Waals surface area contributed by atoms with E-state index in [9.17, 15) is 4.21 Å². The summed E-state index contributed by atoms with van der Waals surface area (Å²) in [5.41, 5.74) is 2.97. The van der Waals surface area contributed by atoms with Gasteiger partial charge in [-0.05, 0) is 26.3 Å². The third-order valence-corrected chi connectivity index (χ3v) is 3.98. The van der Waals surface area contributed by atoms with Crippen molar-refractivity contribution < 1.29 is 8.95 Å². The van der Waals surface area contributed by atoms with E-state index in [4.69, 9.17) is 4.74 Å². The van der Waals surface area contributed by atoms with Crippen molar-refractivity contribution in [3.63, 3.8) is 0 Å². The molecule has 0 aliphatic carbocycles. The van der Waals surface area contributed by atoms with E-state index in [0.29, 0.717) is 13.2 Å². The zero-order valence-electron chi connectivity index (χ0n) is 10.4. The summed E-state index contributed by atoms with van der Waals surface area (Å²) in [6.07, 6.45) is 0. The van der Waals surface area contributed by atoms with Crippen molar-refractivity contribution in [3.8, 4) is 0 Å². The zero-order valence-corrected chi connectivity index (χ0v) is 11.2. The van der Waals surface area contributed by atoms with Gasteiger partial charge in [-0.3, -0.25) is 0 Å². The highest BCUT2D eigenvalue weighted by Gasteiger charge is 2.22. The van der Waals surface area contributed by atoms with Gasteiger partial charge in [-0.25, -0.2) is 4.21 Å². The lowest BCUT2D eigenvalue weighted by Crippen LogP contribution is -2.24. The van der Waals surface area contributed by atoms with Gasteiger partial charge in [0.05, 0.1) is 23.7 Å². The van der Waals surface area contributed by atoms with E-state index >= 15 is 0 Å². The van der Waals surface area contributed by atoms with Crippen molar-refractivity contribution in [1.29, 1.82) is 0 Å². The normalized spacial score (nSPS) is 20.1. The summed E-state index contributed by atoms with van der Waals surface area (Å²) >= 11 is 0. The first kappa shape index (κ1) is 12.5. The highest BCUT2D eigenvalue weighted by Crippen LogP contribution is 2.19. The number of fused-ring (bicyclic) bond motifs is 1. The molecule has 1 aliphatic rings. The molecule has 4 heteroatoms. The molecule has 1 heterocycles. The number of hydrogen-bond acceptors (Lipinski definition) is 2. The van der Waals surface area contributed by atoms with E-state index in [1.165, 1.54) is 0 Å². The van der Waals surface area contributed by atoms with Crippen LogP contribution >= 0.6 is 0 Å². The molecule has 2 rings (SSSR count). The van der Waals surface area contributed by atoms with E-state index in [1.807, 2.05) is 45.0 Å². The van der Waals surface area contributed by atoms with Gasteiger partial charge in [0.25, 0.3) is 0 Å². The van der Waals surface area contributed by atoms with Gasteiger partial charge in [0.15, 0.2) is 0 Å². The largest absolute Gasteiger partial charge is 0.370 e. The first-order chi connectivity index (χ1) is 7.98. The van der Waals surface area contributed by atoms with Gasteiger partial charge in [-0.2, -0.15) is 4.40 Å². The molecular weight excluding hydrogens is 234 g/mol. The minimum atomic E-state index is -1.23. The fourth-order valence-electron chi connectivity index (χ4n) is 1.58. The second kappa shape index (κ2) is 4.70. The second-order valence-corrected chi connectivity index (χ2v) is 6.96. The summed E-state index contributed by atoms with van der Waals surface area (Å²) in [4.78, 5) is 0. The second-order valence-electron chi connectivity index (χ2n) is 5.05. The van der Waals surface area contributed by atoms with Crippen molar-refractivity contribution in [1.82, 2.24) is 0 Å². The maximum Gasteiger partial charge on any atom is 0.145 e. The predicted molar refractivity (Wildman–Crippen MR) is 70.5 cm³/mol. The van der Waals surface area contributed by atoms with Crippen LogP contribution in [0.25, 0.3) is 0 Å². The average molecular weight is 251 g/mol. The standard InChI is InChI=1S/C13H17NO2S/c1-13(2,3)17(15)14-12-9-16-8-10-6-4-5-7-11(10)12/h4-7H,8-9H2,1-3H3/b14-12+/t17-/m1/s1. The van der Waals surface area contributed by atoms with Crippen LogP contribution in [0.4, 0.5) is 0 Å². The summed E-state index contributed by atoms with van der Waals surface area (Å²) in [5, 5.41) is 0. The minimum Gasteiger partial charge on any atom is -0.370 e. The maximum absolute atomic E-state index is 12.0. The van der Waals surface area contributed by atoms with Crippen molar-refractivity contribution in [3.05, 3.63) is 35.4 Å². The SMILES string of the molecule is CC(C)(C)[S@@](=O)/N=C1\COCc2ccccc21. The van der Waals surface area contributed by atoms with Gasteiger partial charge in [-0.15, -0.1) is 0 Å². The average Bonchev–Trinajstić information content (AvgIpc) is 2.28. The molecule has 0 saturated heterocycles. The molecule has 92 valence electrons. The number of hydrogen-bond donors (Lipinski definition) is 0. The summed E-state index contributed by atoms with van der Waals surface area (Å²) in [5.74, 6) is 0. The first-order valence-electron chi connectivity index (χ1n) is 5.64. The van der Waals surface area contributed by atoms with Gasteiger partial charge in [0.1, 0.15) is 11.0 Å². The Balaban J connectivity index is 2.36. The topological polar surface area (TPSA) is 38.7 Å². The Morgan fingerprint density at radius 3 is 2.65 bits per heavy atom. The van der Waals surface area contributed by atoms with Gasteiger partial charge in [0, 0.05) is 5.56 Å². The van der Waals surface area contributed by atoms with Gasteiger partial charge in [0.2, 0.25) is 0 Å². The van der Waals surface area contributed by atoms with E-state index in [2.05, 4.69) is 4.40 Å². The maximum atomic E-state index is 12.0. The zero-order chi connectivity index (χ0) is 12.5. The van der Waals surface area contributed by atoms with Crippen LogP contribution in [-0.4, -0.2) is 21.3 Å². The van der Waals surface area contributed by atoms with Crippen LogP contribution in [0, 0.1) is 0 Å². The number of benzene rings is 1. The molecule has 0 aromatic heterocycles. The Kier molecular flexibility index (Phi) is 3.45. The molecule has 1 aromatic rings. The quantitative estimate of drug-likeness (QED) is 0.769. The van der Waals surface area contributed by atoms with Gasteiger partial charge < -0.3 is 4.74 Å². The molecule has 1 aliphatic heterocycles. The van der Waals surface area contributed by atoms with Crippen molar-refractivity contribution in [2.45, 2.75) is 32.1 Å². The first-order valence-corrected chi connectivity index (χ1v) is 6.75. The van der Waals surface area contributed by atoms with Crippen molar-refractivity contribution in [2.75, 3.05) is 6.61 Å². The smallest absolute Gasteiger partial charge is 0.145 e. The molecule has 3 nitrogen and oxygen atoms in total. The molecule has 17 heavy (non-hydrogen) atoms.